The van der Waals surface area contributed by atoms with Gasteiger partial charge in [0.2, 0.25) is 5.91 Å². The van der Waals surface area contributed by atoms with Crippen molar-refractivity contribution < 1.29 is 4.79 Å². The van der Waals surface area contributed by atoms with Crippen molar-refractivity contribution in [2.75, 3.05) is 45.8 Å². The van der Waals surface area contributed by atoms with Gasteiger partial charge in [-0.05, 0) is 30.0 Å². The quantitative estimate of drug-likeness (QED) is 0.779. The summed E-state index contributed by atoms with van der Waals surface area (Å²) in [7, 11) is 0. The molecule has 2 fully saturated rings. The highest BCUT2D eigenvalue weighted by atomic mass is 16.2. The number of hydrogen-bond donors (Lipinski definition) is 0. The minimum atomic E-state index is 0.311. The molecule has 144 valence electrons. The monoisotopic (exact) mass is 367 g/mol. The van der Waals surface area contributed by atoms with E-state index in [0.29, 0.717) is 12.5 Å². The molecule has 6 heteroatoms. The van der Waals surface area contributed by atoms with E-state index >= 15 is 0 Å². The van der Waals surface area contributed by atoms with Crippen LogP contribution in [0.1, 0.15) is 24.0 Å². The molecule has 0 N–H and O–H groups in total. The van der Waals surface area contributed by atoms with Gasteiger partial charge in [0.05, 0.1) is 13.1 Å². The molecule has 2 aliphatic heterocycles. The van der Waals surface area contributed by atoms with Gasteiger partial charge in [0.1, 0.15) is 0 Å². The van der Waals surface area contributed by atoms with E-state index in [1.54, 1.807) is 0 Å². The van der Waals surface area contributed by atoms with Crippen LogP contribution < -0.4 is 0 Å². The molecule has 0 aliphatic carbocycles. The van der Waals surface area contributed by atoms with Crippen molar-refractivity contribution in [1.82, 2.24) is 24.5 Å². The number of hydrogen-bond acceptors (Lipinski definition) is 4. The van der Waals surface area contributed by atoms with Crippen LogP contribution in [-0.4, -0.2) is 76.2 Å². The first-order chi connectivity index (χ1) is 13.3. The van der Waals surface area contributed by atoms with Gasteiger partial charge >= 0.3 is 0 Å². The van der Waals surface area contributed by atoms with E-state index in [4.69, 9.17) is 0 Å². The summed E-state index contributed by atoms with van der Waals surface area (Å²) in [6.07, 6.45) is 6.16. The molecule has 0 spiro atoms. The van der Waals surface area contributed by atoms with Crippen molar-refractivity contribution in [2.45, 2.75) is 25.9 Å². The van der Waals surface area contributed by atoms with Gasteiger partial charge in [-0.15, -0.1) is 0 Å². The van der Waals surface area contributed by atoms with Gasteiger partial charge in [-0.25, -0.2) is 0 Å². The van der Waals surface area contributed by atoms with Crippen molar-refractivity contribution in [3.05, 3.63) is 53.9 Å². The van der Waals surface area contributed by atoms with Crippen LogP contribution in [0.2, 0.25) is 0 Å². The minimum absolute atomic E-state index is 0.311. The van der Waals surface area contributed by atoms with E-state index < -0.39 is 0 Å². The highest BCUT2D eigenvalue weighted by molar-refractivity contribution is 5.78. The van der Waals surface area contributed by atoms with Crippen LogP contribution in [-0.2, 0) is 17.9 Å². The van der Waals surface area contributed by atoms with E-state index in [1.807, 2.05) is 28.0 Å². The van der Waals surface area contributed by atoms with Gasteiger partial charge in [0.25, 0.3) is 0 Å². The van der Waals surface area contributed by atoms with Gasteiger partial charge in [-0.1, -0.05) is 24.3 Å². The lowest BCUT2D eigenvalue weighted by atomic mass is 10.1. The molecule has 1 amide bonds. The molecular formula is C21H29N5O. The fourth-order valence-electron chi connectivity index (χ4n) is 4.04. The highest BCUT2D eigenvalue weighted by Crippen LogP contribution is 2.15. The molecule has 1 aromatic carbocycles. The number of benzene rings is 1. The van der Waals surface area contributed by atoms with Crippen molar-refractivity contribution >= 4 is 5.91 Å². The number of aromatic nitrogens is 2. The summed E-state index contributed by atoms with van der Waals surface area (Å²) in [5, 5.41) is 4.33. The molecule has 2 aromatic rings. The molecule has 0 atom stereocenters. The number of likely N-dealkylation sites (tertiary alicyclic amines) is 1. The summed E-state index contributed by atoms with van der Waals surface area (Å²) in [5.41, 5.74) is 2.70. The molecular weight excluding hydrogens is 338 g/mol. The summed E-state index contributed by atoms with van der Waals surface area (Å²) < 4.78 is 1.97. The van der Waals surface area contributed by atoms with Crippen LogP contribution in [0.3, 0.4) is 0 Å². The Morgan fingerprint density at radius 3 is 2.19 bits per heavy atom. The Morgan fingerprint density at radius 1 is 0.852 bits per heavy atom. The number of carbonyl (C=O) groups excluding carboxylic acids is 1. The molecule has 27 heavy (non-hydrogen) atoms. The topological polar surface area (TPSA) is 44.6 Å². The Morgan fingerprint density at radius 2 is 1.52 bits per heavy atom. The van der Waals surface area contributed by atoms with Crippen LogP contribution in [0, 0.1) is 0 Å². The summed E-state index contributed by atoms with van der Waals surface area (Å²) in [6.45, 7) is 8.24. The summed E-state index contributed by atoms with van der Waals surface area (Å²) >= 11 is 0. The Labute approximate surface area is 161 Å². The number of carbonyl (C=O) groups is 1. The lowest BCUT2D eigenvalue weighted by molar-refractivity contribution is -0.131. The fourth-order valence-corrected chi connectivity index (χ4v) is 4.04. The maximum Gasteiger partial charge on any atom is 0.236 e. The SMILES string of the molecule is O=C(CN1CCN(Cc2ccccc2Cn2cccn2)CC1)N1CCCC1. The van der Waals surface area contributed by atoms with E-state index in [-0.39, 0.29) is 0 Å². The van der Waals surface area contributed by atoms with Crippen molar-refractivity contribution in [3.63, 3.8) is 0 Å². The Kier molecular flexibility index (Phi) is 5.84. The predicted octanol–water partition coefficient (Wildman–Crippen LogP) is 1.67. The van der Waals surface area contributed by atoms with Crippen molar-refractivity contribution in [2.24, 2.45) is 0 Å². The molecule has 0 saturated carbocycles. The van der Waals surface area contributed by atoms with Gasteiger partial charge in [0.15, 0.2) is 0 Å². The fraction of sp³-hybridized carbons (Fsp3) is 0.524. The predicted molar refractivity (Wildman–Crippen MR) is 105 cm³/mol. The molecule has 0 bridgehead atoms. The zero-order valence-electron chi connectivity index (χ0n) is 16.0. The number of amides is 1. The van der Waals surface area contributed by atoms with Crippen molar-refractivity contribution in [1.29, 1.82) is 0 Å². The van der Waals surface area contributed by atoms with E-state index in [9.17, 15) is 4.79 Å². The van der Waals surface area contributed by atoms with Crippen LogP contribution in [0.15, 0.2) is 42.7 Å². The molecule has 0 unspecified atom stereocenters. The average Bonchev–Trinajstić information content (AvgIpc) is 3.39. The zero-order chi connectivity index (χ0) is 18.5. The first-order valence-electron chi connectivity index (χ1n) is 10.0. The first-order valence-corrected chi connectivity index (χ1v) is 10.0. The second-order valence-electron chi connectivity index (χ2n) is 7.61. The average molecular weight is 367 g/mol. The highest BCUT2D eigenvalue weighted by Gasteiger charge is 2.23. The molecule has 0 radical (unpaired) electrons. The first kappa shape index (κ1) is 18.2. The van der Waals surface area contributed by atoms with E-state index in [0.717, 1.165) is 65.2 Å². The Bertz CT molecular complexity index is 731. The van der Waals surface area contributed by atoms with Gasteiger partial charge < -0.3 is 4.90 Å². The summed E-state index contributed by atoms with van der Waals surface area (Å²) in [5.74, 6) is 0.311. The second kappa shape index (κ2) is 8.67. The van der Waals surface area contributed by atoms with Crippen LogP contribution in [0.25, 0.3) is 0 Å². The van der Waals surface area contributed by atoms with Gasteiger partial charge in [-0.2, -0.15) is 5.10 Å². The zero-order valence-corrected chi connectivity index (χ0v) is 16.0. The second-order valence-corrected chi connectivity index (χ2v) is 7.61. The number of piperazine rings is 1. The number of nitrogens with zero attached hydrogens (tertiary/aromatic N) is 5. The van der Waals surface area contributed by atoms with Gasteiger partial charge in [0, 0.05) is 58.2 Å². The smallest absolute Gasteiger partial charge is 0.236 e. The summed E-state index contributed by atoms with van der Waals surface area (Å²) in [6, 6.07) is 10.6. The maximum atomic E-state index is 12.3. The third-order valence-electron chi connectivity index (χ3n) is 5.69. The molecule has 4 rings (SSSR count). The lowest BCUT2D eigenvalue weighted by Crippen LogP contribution is -2.49. The standard InChI is InChI=1S/C21H29N5O/c27-21(25-9-3-4-10-25)18-24-14-12-23(13-15-24)16-19-6-1-2-7-20(19)17-26-11-5-8-22-26/h1-2,5-8,11H,3-4,9-10,12-18H2. The minimum Gasteiger partial charge on any atom is -0.342 e. The lowest BCUT2D eigenvalue weighted by Gasteiger charge is -2.35. The normalized spacial score (nSPS) is 18.9. The van der Waals surface area contributed by atoms with Crippen LogP contribution >= 0.6 is 0 Å². The van der Waals surface area contributed by atoms with Crippen LogP contribution in [0.5, 0.6) is 0 Å². The van der Waals surface area contributed by atoms with Crippen molar-refractivity contribution in [3.8, 4) is 0 Å². The Hall–Kier alpha value is -2.18. The van der Waals surface area contributed by atoms with Gasteiger partial charge in [-0.3, -0.25) is 19.3 Å². The third kappa shape index (κ3) is 4.76. The maximum absolute atomic E-state index is 12.3. The molecule has 2 saturated heterocycles. The molecule has 2 aliphatic rings. The van der Waals surface area contributed by atoms with Crippen LogP contribution in [0.4, 0.5) is 0 Å². The number of rotatable bonds is 6. The molecule has 6 nitrogen and oxygen atoms in total. The summed E-state index contributed by atoms with van der Waals surface area (Å²) in [4.78, 5) is 19.2. The van der Waals surface area contributed by atoms with E-state index in [2.05, 4.69) is 39.2 Å². The molecule has 1 aromatic heterocycles. The Balaban J connectivity index is 1.28. The largest absolute Gasteiger partial charge is 0.342 e. The third-order valence-corrected chi connectivity index (χ3v) is 5.69. The van der Waals surface area contributed by atoms with E-state index in [1.165, 1.54) is 11.1 Å². The molecule has 3 heterocycles.